The molecule has 3 rings (SSSR count). The molecule has 5 heteroatoms. The smallest absolute Gasteiger partial charge is 0.262 e. The molecule has 5 nitrogen and oxygen atoms in total. The van der Waals surface area contributed by atoms with E-state index in [2.05, 4.69) is 5.32 Å². The quantitative estimate of drug-likeness (QED) is 0.606. The predicted molar refractivity (Wildman–Crippen MR) is 120 cm³/mol. The number of para-hydroxylation sites is 2. The maximum absolute atomic E-state index is 13.2. The van der Waals surface area contributed by atoms with Crippen LogP contribution in [0.2, 0.25) is 0 Å². The van der Waals surface area contributed by atoms with Crippen LogP contribution in [-0.2, 0) is 4.79 Å². The Morgan fingerprint density at radius 3 is 2.37 bits per heavy atom. The molecule has 3 aromatic rings. The van der Waals surface area contributed by atoms with Crippen LogP contribution in [0.15, 0.2) is 72.8 Å². The minimum atomic E-state index is -0.320. The molecule has 0 aliphatic rings. The number of nitrogens with zero attached hydrogens (tertiary/aromatic N) is 1. The van der Waals surface area contributed by atoms with E-state index < -0.39 is 0 Å². The Kier molecular flexibility index (Phi) is 6.86. The topological polar surface area (TPSA) is 58.6 Å². The van der Waals surface area contributed by atoms with Crippen LogP contribution >= 0.6 is 0 Å². The van der Waals surface area contributed by atoms with Crippen molar-refractivity contribution in [2.75, 3.05) is 23.4 Å². The van der Waals surface area contributed by atoms with Crippen molar-refractivity contribution >= 4 is 23.2 Å². The zero-order valence-corrected chi connectivity index (χ0v) is 17.5. The third kappa shape index (κ3) is 5.06. The van der Waals surface area contributed by atoms with Gasteiger partial charge in [0.1, 0.15) is 5.75 Å². The second-order valence-corrected chi connectivity index (χ2v) is 7.04. The number of amides is 2. The molecule has 0 spiro atoms. The number of anilines is 2. The fraction of sp³-hybridized carbons (Fsp3) is 0.200. The lowest BCUT2D eigenvalue weighted by Crippen LogP contribution is -2.32. The van der Waals surface area contributed by atoms with E-state index in [0.717, 1.165) is 16.8 Å². The summed E-state index contributed by atoms with van der Waals surface area (Å²) < 4.78 is 5.68. The Morgan fingerprint density at radius 1 is 0.933 bits per heavy atom. The fourth-order valence-electron chi connectivity index (χ4n) is 3.17. The Bertz CT molecular complexity index is 1030. The molecule has 3 aromatic carbocycles. The fourth-order valence-corrected chi connectivity index (χ4v) is 3.17. The van der Waals surface area contributed by atoms with Gasteiger partial charge in [0.15, 0.2) is 6.61 Å². The van der Waals surface area contributed by atoms with Crippen molar-refractivity contribution in [3.05, 3.63) is 89.5 Å². The number of hydrogen-bond donors (Lipinski definition) is 1. The van der Waals surface area contributed by atoms with Crippen molar-refractivity contribution < 1.29 is 14.3 Å². The summed E-state index contributed by atoms with van der Waals surface area (Å²) in [5.41, 5.74) is 3.73. The van der Waals surface area contributed by atoms with Gasteiger partial charge in [-0.05, 0) is 62.2 Å². The first-order valence-corrected chi connectivity index (χ1v) is 9.95. The van der Waals surface area contributed by atoms with E-state index in [1.54, 1.807) is 29.2 Å². The average Bonchev–Trinajstić information content (AvgIpc) is 2.76. The number of aryl methyl sites for hydroxylation is 2. The lowest BCUT2D eigenvalue weighted by atomic mass is 10.1. The summed E-state index contributed by atoms with van der Waals surface area (Å²) in [6.45, 7) is 6.21. The molecule has 0 saturated heterocycles. The second-order valence-electron chi connectivity index (χ2n) is 7.04. The number of benzene rings is 3. The van der Waals surface area contributed by atoms with Gasteiger partial charge in [0.2, 0.25) is 0 Å². The monoisotopic (exact) mass is 402 g/mol. The van der Waals surface area contributed by atoms with Gasteiger partial charge in [0.25, 0.3) is 11.8 Å². The summed E-state index contributed by atoms with van der Waals surface area (Å²) >= 11 is 0. The summed E-state index contributed by atoms with van der Waals surface area (Å²) in [5, 5.41) is 2.81. The van der Waals surface area contributed by atoms with Crippen molar-refractivity contribution in [2.45, 2.75) is 20.8 Å². The van der Waals surface area contributed by atoms with E-state index in [1.807, 2.05) is 69.3 Å². The zero-order valence-electron chi connectivity index (χ0n) is 17.5. The van der Waals surface area contributed by atoms with Crippen LogP contribution in [0.1, 0.15) is 28.4 Å². The first-order valence-electron chi connectivity index (χ1n) is 9.95. The summed E-state index contributed by atoms with van der Waals surface area (Å²) in [4.78, 5) is 27.4. The Hall–Kier alpha value is -3.60. The van der Waals surface area contributed by atoms with Crippen molar-refractivity contribution in [3.63, 3.8) is 0 Å². The van der Waals surface area contributed by atoms with Crippen molar-refractivity contribution in [2.24, 2.45) is 0 Å². The predicted octanol–water partition coefficient (Wildman–Crippen LogP) is 4.99. The molecular weight excluding hydrogens is 376 g/mol. The third-order valence-electron chi connectivity index (χ3n) is 4.76. The van der Waals surface area contributed by atoms with Crippen LogP contribution in [0.3, 0.4) is 0 Å². The lowest BCUT2D eigenvalue weighted by Gasteiger charge is -2.22. The normalized spacial score (nSPS) is 10.4. The van der Waals surface area contributed by atoms with E-state index in [0.29, 0.717) is 23.5 Å². The maximum Gasteiger partial charge on any atom is 0.262 e. The van der Waals surface area contributed by atoms with E-state index in [1.165, 1.54) is 0 Å². The molecule has 2 amide bonds. The van der Waals surface area contributed by atoms with Crippen LogP contribution < -0.4 is 15.0 Å². The van der Waals surface area contributed by atoms with Gasteiger partial charge in [0.05, 0.1) is 11.3 Å². The Labute approximate surface area is 177 Å². The van der Waals surface area contributed by atoms with Gasteiger partial charge in [-0.3, -0.25) is 9.59 Å². The van der Waals surface area contributed by atoms with Gasteiger partial charge in [0, 0.05) is 12.2 Å². The minimum Gasteiger partial charge on any atom is -0.483 e. The van der Waals surface area contributed by atoms with E-state index in [9.17, 15) is 9.59 Å². The molecule has 0 saturated carbocycles. The van der Waals surface area contributed by atoms with Crippen LogP contribution in [-0.4, -0.2) is 25.0 Å². The molecule has 154 valence electrons. The zero-order chi connectivity index (χ0) is 21.5. The van der Waals surface area contributed by atoms with Crippen molar-refractivity contribution in [1.82, 2.24) is 0 Å². The van der Waals surface area contributed by atoms with E-state index in [4.69, 9.17) is 4.74 Å². The highest BCUT2D eigenvalue weighted by molar-refractivity contribution is 6.11. The molecule has 0 unspecified atom stereocenters. The highest BCUT2D eigenvalue weighted by Crippen LogP contribution is 2.22. The SMILES string of the molecule is CCN(C(=O)c1ccccc1NC(=O)COc1cc(C)ccc1C)c1ccccc1. The molecule has 0 atom stereocenters. The third-order valence-corrected chi connectivity index (χ3v) is 4.76. The molecule has 0 radical (unpaired) electrons. The Balaban J connectivity index is 1.74. The molecule has 0 aliphatic carbocycles. The largest absolute Gasteiger partial charge is 0.483 e. The van der Waals surface area contributed by atoms with Crippen molar-refractivity contribution in [3.8, 4) is 5.75 Å². The summed E-state index contributed by atoms with van der Waals surface area (Å²) in [6, 6.07) is 22.3. The Morgan fingerprint density at radius 2 is 1.63 bits per heavy atom. The lowest BCUT2D eigenvalue weighted by molar-refractivity contribution is -0.118. The van der Waals surface area contributed by atoms with E-state index in [-0.39, 0.29) is 18.4 Å². The van der Waals surface area contributed by atoms with Crippen LogP contribution in [0.25, 0.3) is 0 Å². The van der Waals surface area contributed by atoms with Gasteiger partial charge in [-0.1, -0.05) is 42.5 Å². The number of rotatable bonds is 7. The van der Waals surface area contributed by atoms with Crippen LogP contribution in [0.4, 0.5) is 11.4 Å². The van der Waals surface area contributed by atoms with Gasteiger partial charge in [-0.2, -0.15) is 0 Å². The summed E-state index contributed by atoms with van der Waals surface area (Å²) in [6.07, 6.45) is 0. The van der Waals surface area contributed by atoms with Gasteiger partial charge in [-0.25, -0.2) is 0 Å². The second kappa shape index (κ2) is 9.74. The summed E-state index contributed by atoms with van der Waals surface area (Å²) in [5.74, 6) is 0.185. The first-order chi connectivity index (χ1) is 14.5. The highest BCUT2D eigenvalue weighted by Gasteiger charge is 2.20. The number of hydrogen-bond acceptors (Lipinski definition) is 3. The summed E-state index contributed by atoms with van der Waals surface area (Å²) in [7, 11) is 0. The highest BCUT2D eigenvalue weighted by atomic mass is 16.5. The van der Waals surface area contributed by atoms with Gasteiger partial charge in [-0.15, -0.1) is 0 Å². The number of carbonyl (C=O) groups is 2. The molecule has 0 fully saturated rings. The standard InChI is InChI=1S/C25H26N2O3/c1-4-27(20-10-6-5-7-11-20)25(29)21-12-8-9-13-22(21)26-24(28)17-30-23-16-18(2)14-15-19(23)3/h5-16H,4,17H2,1-3H3,(H,26,28). The van der Waals surface area contributed by atoms with Crippen LogP contribution in [0, 0.1) is 13.8 Å². The molecule has 0 bridgehead atoms. The maximum atomic E-state index is 13.2. The number of carbonyl (C=O) groups excluding carboxylic acids is 2. The molecule has 0 aromatic heterocycles. The van der Waals surface area contributed by atoms with Gasteiger partial charge < -0.3 is 15.0 Å². The average molecular weight is 402 g/mol. The molecule has 0 heterocycles. The molecule has 1 N–H and O–H groups in total. The van der Waals surface area contributed by atoms with Crippen molar-refractivity contribution in [1.29, 1.82) is 0 Å². The van der Waals surface area contributed by atoms with E-state index >= 15 is 0 Å². The first kappa shape index (κ1) is 21.1. The number of nitrogens with one attached hydrogen (secondary N) is 1. The molecule has 0 aliphatic heterocycles. The number of ether oxygens (including phenoxy) is 1. The van der Waals surface area contributed by atoms with Gasteiger partial charge >= 0.3 is 0 Å². The molecule has 30 heavy (non-hydrogen) atoms. The molecular formula is C25H26N2O3. The minimum absolute atomic E-state index is 0.136. The van der Waals surface area contributed by atoms with Crippen LogP contribution in [0.5, 0.6) is 5.75 Å².